The van der Waals surface area contributed by atoms with Crippen LogP contribution in [0.1, 0.15) is 6.42 Å². The maximum Gasteiger partial charge on any atom is 0.321 e. The van der Waals surface area contributed by atoms with Gasteiger partial charge in [0.15, 0.2) is 9.84 Å². The van der Waals surface area contributed by atoms with E-state index in [4.69, 9.17) is 0 Å². The molecule has 0 radical (unpaired) electrons. The van der Waals surface area contributed by atoms with Crippen molar-refractivity contribution in [3.8, 4) is 0 Å². The predicted molar refractivity (Wildman–Crippen MR) is 83.4 cm³/mol. The van der Waals surface area contributed by atoms with Gasteiger partial charge in [-0.05, 0) is 18.6 Å². The molecule has 8 heteroatoms. The summed E-state index contributed by atoms with van der Waals surface area (Å²) in [5.74, 6) is -0.453. The summed E-state index contributed by atoms with van der Waals surface area (Å²) in [7, 11) is -1.31. The second kappa shape index (κ2) is 6.78. The van der Waals surface area contributed by atoms with Gasteiger partial charge in [-0.25, -0.2) is 13.2 Å². The van der Waals surface area contributed by atoms with Gasteiger partial charge in [0.1, 0.15) is 0 Å². The molecule has 0 spiro atoms. The van der Waals surface area contributed by atoms with E-state index >= 15 is 0 Å². The van der Waals surface area contributed by atoms with Crippen LogP contribution in [-0.4, -0.2) is 51.5 Å². The van der Waals surface area contributed by atoms with Crippen LogP contribution < -0.4 is 15.5 Å². The number of anilines is 1. The molecule has 1 aliphatic rings. The number of amides is 3. The molecule has 1 aliphatic heterocycles. The summed E-state index contributed by atoms with van der Waals surface area (Å²) in [4.78, 5) is 25.2. The number of nitrogens with zero attached hydrogens (tertiary/aromatic N) is 1. The lowest BCUT2D eigenvalue weighted by molar-refractivity contribution is -0.118. The fourth-order valence-corrected chi connectivity index (χ4v) is 3.96. The van der Waals surface area contributed by atoms with Crippen LogP contribution >= 0.6 is 0 Å². The summed E-state index contributed by atoms with van der Waals surface area (Å²) in [6, 6.07) is 8.22. The number of para-hydroxylation sites is 1. The lowest BCUT2D eigenvalue weighted by atomic mass is 10.3. The highest BCUT2D eigenvalue weighted by Gasteiger charge is 2.29. The van der Waals surface area contributed by atoms with Gasteiger partial charge in [-0.1, -0.05) is 18.2 Å². The third kappa shape index (κ3) is 4.73. The van der Waals surface area contributed by atoms with E-state index in [0.717, 1.165) is 5.69 Å². The van der Waals surface area contributed by atoms with Crippen LogP contribution in [-0.2, 0) is 14.6 Å². The van der Waals surface area contributed by atoms with Crippen LogP contribution in [0.25, 0.3) is 0 Å². The highest BCUT2D eigenvalue weighted by atomic mass is 32.2. The number of benzene rings is 1. The van der Waals surface area contributed by atoms with Crippen LogP contribution in [0.2, 0.25) is 0 Å². The Morgan fingerprint density at radius 3 is 2.55 bits per heavy atom. The molecule has 1 heterocycles. The van der Waals surface area contributed by atoms with Crippen LogP contribution in [0.15, 0.2) is 30.3 Å². The number of rotatable bonds is 4. The quantitative estimate of drug-likeness (QED) is 0.821. The van der Waals surface area contributed by atoms with Crippen LogP contribution in [0.3, 0.4) is 0 Å². The summed E-state index contributed by atoms with van der Waals surface area (Å²) < 4.78 is 22.6. The van der Waals surface area contributed by atoms with Gasteiger partial charge < -0.3 is 10.2 Å². The Kier molecular flexibility index (Phi) is 5.02. The van der Waals surface area contributed by atoms with E-state index in [1.165, 1.54) is 0 Å². The molecule has 0 aliphatic carbocycles. The van der Waals surface area contributed by atoms with Crippen LogP contribution in [0, 0.1) is 0 Å². The minimum absolute atomic E-state index is 0.0282. The van der Waals surface area contributed by atoms with Gasteiger partial charge in [-0.15, -0.1) is 0 Å². The number of urea groups is 1. The first-order valence-electron chi connectivity index (χ1n) is 6.93. The second-order valence-electron chi connectivity index (χ2n) is 5.31. The normalized spacial score (nSPS) is 19.4. The number of imide groups is 1. The molecule has 120 valence electrons. The third-order valence-electron chi connectivity index (χ3n) is 3.40. The molecule has 0 bridgehead atoms. The molecular weight excluding hydrogens is 306 g/mol. The van der Waals surface area contributed by atoms with Gasteiger partial charge in [0.05, 0.1) is 18.1 Å². The Hall–Kier alpha value is -2.09. The Morgan fingerprint density at radius 2 is 1.95 bits per heavy atom. The van der Waals surface area contributed by atoms with Gasteiger partial charge in [0.2, 0.25) is 5.91 Å². The van der Waals surface area contributed by atoms with Crippen molar-refractivity contribution in [2.45, 2.75) is 12.5 Å². The van der Waals surface area contributed by atoms with E-state index in [1.54, 1.807) is 11.9 Å². The van der Waals surface area contributed by atoms with Crippen molar-refractivity contribution in [3.05, 3.63) is 30.3 Å². The maximum absolute atomic E-state index is 11.8. The first kappa shape index (κ1) is 16.3. The highest BCUT2D eigenvalue weighted by molar-refractivity contribution is 7.91. The van der Waals surface area contributed by atoms with Crippen molar-refractivity contribution < 1.29 is 18.0 Å². The average molecular weight is 325 g/mol. The number of carbonyl (C=O) groups excluding carboxylic acids is 2. The standard InChI is InChI=1S/C14H19N3O4S/c1-17(12-5-3-2-4-6-12)9-13(18)16-14(19)15-11-7-8-22(20,21)10-11/h2-6,11H,7-10H2,1H3,(H2,15,16,18,19)/t11-/m0/s1. The molecule has 2 N–H and O–H groups in total. The van der Waals surface area contributed by atoms with E-state index < -0.39 is 27.8 Å². The number of hydrogen-bond donors (Lipinski definition) is 2. The first-order valence-corrected chi connectivity index (χ1v) is 8.75. The number of carbonyl (C=O) groups is 2. The second-order valence-corrected chi connectivity index (χ2v) is 7.54. The number of likely N-dealkylation sites (N-methyl/N-ethyl adjacent to an activating group) is 1. The van der Waals surface area contributed by atoms with E-state index in [2.05, 4.69) is 10.6 Å². The number of sulfone groups is 1. The fraction of sp³-hybridized carbons (Fsp3) is 0.429. The van der Waals surface area contributed by atoms with Crippen molar-refractivity contribution in [1.82, 2.24) is 10.6 Å². The molecule has 2 rings (SSSR count). The van der Waals surface area contributed by atoms with E-state index in [1.807, 2.05) is 30.3 Å². The number of nitrogens with one attached hydrogen (secondary N) is 2. The van der Waals surface area contributed by atoms with Crippen LogP contribution in [0.5, 0.6) is 0 Å². The molecule has 1 saturated heterocycles. The molecule has 7 nitrogen and oxygen atoms in total. The highest BCUT2D eigenvalue weighted by Crippen LogP contribution is 2.11. The van der Waals surface area contributed by atoms with Crippen molar-refractivity contribution >= 4 is 27.5 Å². The first-order chi connectivity index (χ1) is 10.4. The molecule has 1 aromatic rings. The summed E-state index contributed by atoms with van der Waals surface area (Å²) in [5, 5.41) is 4.72. The molecule has 0 unspecified atom stereocenters. The molecule has 1 fully saturated rings. The Bertz CT molecular complexity index is 645. The zero-order chi connectivity index (χ0) is 16.2. The lowest BCUT2D eigenvalue weighted by Crippen LogP contribution is -2.47. The summed E-state index contributed by atoms with van der Waals surface area (Å²) in [5.41, 5.74) is 0.861. The smallest absolute Gasteiger partial charge is 0.321 e. The predicted octanol–water partition coefficient (Wildman–Crippen LogP) is 0.136. The Labute approximate surface area is 129 Å². The Balaban J connectivity index is 1.78. The summed E-state index contributed by atoms with van der Waals surface area (Å²) in [6.45, 7) is 0.0282. The summed E-state index contributed by atoms with van der Waals surface area (Å²) in [6.07, 6.45) is 0.383. The van der Waals surface area contributed by atoms with Crippen molar-refractivity contribution in [2.75, 3.05) is 30.0 Å². The van der Waals surface area contributed by atoms with Gasteiger partial charge in [-0.3, -0.25) is 10.1 Å². The Morgan fingerprint density at radius 1 is 1.27 bits per heavy atom. The zero-order valence-electron chi connectivity index (χ0n) is 12.3. The number of hydrogen-bond acceptors (Lipinski definition) is 5. The SMILES string of the molecule is CN(CC(=O)NC(=O)N[C@H]1CCS(=O)(=O)C1)c1ccccc1. The molecule has 1 aromatic carbocycles. The van der Waals surface area contributed by atoms with Gasteiger partial charge >= 0.3 is 6.03 Å². The topological polar surface area (TPSA) is 95.6 Å². The molecule has 0 saturated carbocycles. The van der Waals surface area contributed by atoms with Crippen LogP contribution in [0.4, 0.5) is 10.5 Å². The van der Waals surface area contributed by atoms with E-state index in [0.29, 0.717) is 6.42 Å². The average Bonchev–Trinajstić information content (AvgIpc) is 2.78. The third-order valence-corrected chi connectivity index (χ3v) is 5.17. The molecule has 22 heavy (non-hydrogen) atoms. The van der Waals surface area contributed by atoms with Gasteiger partial charge in [-0.2, -0.15) is 0 Å². The minimum Gasteiger partial charge on any atom is -0.365 e. The van der Waals surface area contributed by atoms with Crippen molar-refractivity contribution in [2.24, 2.45) is 0 Å². The zero-order valence-corrected chi connectivity index (χ0v) is 13.1. The largest absolute Gasteiger partial charge is 0.365 e. The molecule has 1 atom stereocenters. The molecule has 3 amide bonds. The lowest BCUT2D eigenvalue weighted by Gasteiger charge is -2.18. The molecular formula is C14H19N3O4S. The van der Waals surface area contributed by atoms with Gasteiger partial charge in [0.25, 0.3) is 0 Å². The van der Waals surface area contributed by atoms with Crippen molar-refractivity contribution in [1.29, 1.82) is 0 Å². The van der Waals surface area contributed by atoms with E-state index in [9.17, 15) is 18.0 Å². The van der Waals surface area contributed by atoms with E-state index in [-0.39, 0.29) is 18.1 Å². The summed E-state index contributed by atoms with van der Waals surface area (Å²) >= 11 is 0. The minimum atomic E-state index is -3.06. The van der Waals surface area contributed by atoms with Gasteiger partial charge in [0, 0.05) is 18.8 Å². The fourth-order valence-electron chi connectivity index (χ4n) is 2.29. The van der Waals surface area contributed by atoms with Crippen molar-refractivity contribution in [3.63, 3.8) is 0 Å². The molecule has 0 aromatic heterocycles. The monoisotopic (exact) mass is 325 g/mol. The maximum atomic E-state index is 11.8.